The number of anilines is 1. The predicted octanol–water partition coefficient (Wildman–Crippen LogP) is -0.102. The van der Waals surface area contributed by atoms with E-state index in [-0.39, 0.29) is 11.7 Å². The predicted molar refractivity (Wildman–Crippen MR) is 78.0 cm³/mol. The minimum atomic E-state index is -0.561. The summed E-state index contributed by atoms with van der Waals surface area (Å²) in [4.78, 5) is 24.6. The summed E-state index contributed by atoms with van der Waals surface area (Å²) >= 11 is 0. The molecule has 1 saturated heterocycles. The normalized spacial score (nSPS) is 17.7. The molecule has 1 atom stereocenters. The first-order chi connectivity index (χ1) is 10.2. The molecule has 8 nitrogen and oxygen atoms in total. The maximum absolute atomic E-state index is 12.4. The fourth-order valence-electron chi connectivity index (χ4n) is 2.38. The molecule has 1 aromatic heterocycles. The lowest BCUT2D eigenvalue weighted by Gasteiger charge is -2.36. The minimum absolute atomic E-state index is 0.0312. The average Bonchev–Trinajstić information content (AvgIpc) is 2.56. The first-order valence-corrected chi connectivity index (χ1v) is 6.95. The Bertz CT molecular complexity index is 499. The van der Waals surface area contributed by atoms with Gasteiger partial charge in [-0.3, -0.25) is 4.79 Å². The van der Waals surface area contributed by atoms with E-state index in [0.717, 1.165) is 0 Å². The lowest BCUT2D eigenvalue weighted by atomic mass is 10.0. The van der Waals surface area contributed by atoms with Crippen LogP contribution in [0.25, 0.3) is 0 Å². The molecule has 114 valence electrons. The van der Waals surface area contributed by atoms with Crippen LogP contribution in [0.15, 0.2) is 23.6 Å². The van der Waals surface area contributed by atoms with Crippen LogP contribution in [-0.4, -0.2) is 58.0 Å². The van der Waals surface area contributed by atoms with E-state index in [1.807, 2.05) is 11.8 Å². The molecular weight excluding hydrogens is 272 g/mol. The quantitative estimate of drug-likeness (QED) is 0.347. The Morgan fingerprint density at radius 2 is 2.00 bits per heavy atom. The standard InChI is InChI=1S/C13H20N6O2/c1-2-10(11(14)17-21)12(20)18-6-8-19(9-7-18)13-15-4-3-5-16-13/h3-5,10,21H,2,6-9H2,1H3,(H2,14,17). The molecular formula is C13H20N6O2. The van der Waals surface area contributed by atoms with Gasteiger partial charge in [-0.05, 0) is 12.5 Å². The molecule has 0 bridgehead atoms. The van der Waals surface area contributed by atoms with E-state index in [1.54, 1.807) is 23.4 Å². The maximum atomic E-state index is 12.4. The molecule has 0 aromatic carbocycles. The zero-order valence-corrected chi connectivity index (χ0v) is 12.0. The van der Waals surface area contributed by atoms with E-state index in [0.29, 0.717) is 38.5 Å². The average molecular weight is 292 g/mol. The summed E-state index contributed by atoms with van der Waals surface area (Å²) in [7, 11) is 0. The molecule has 1 fully saturated rings. The highest BCUT2D eigenvalue weighted by Crippen LogP contribution is 2.14. The van der Waals surface area contributed by atoms with Crippen LogP contribution in [0.5, 0.6) is 0 Å². The van der Waals surface area contributed by atoms with Crippen LogP contribution in [0.4, 0.5) is 5.95 Å². The number of carbonyl (C=O) groups is 1. The maximum Gasteiger partial charge on any atom is 0.233 e. The summed E-state index contributed by atoms with van der Waals surface area (Å²) in [6.45, 7) is 4.33. The summed E-state index contributed by atoms with van der Waals surface area (Å²) in [5, 5.41) is 11.7. The van der Waals surface area contributed by atoms with E-state index >= 15 is 0 Å². The molecule has 21 heavy (non-hydrogen) atoms. The number of rotatable bonds is 4. The lowest BCUT2D eigenvalue weighted by molar-refractivity contribution is -0.133. The van der Waals surface area contributed by atoms with E-state index in [4.69, 9.17) is 10.9 Å². The van der Waals surface area contributed by atoms with Crippen LogP contribution in [0.1, 0.15) is 13.3 Å². The molecule has 0 radical (unpaired) electrons. The van der Waals surface area contributed by atoms with Crippen molar-refractivity contribution < 1.29 is 10.0 Å². The highest BCUT2D eigenvalue weighted by molar-refractivity contribution is 6.02. The van der Waals surface area contributed by atoms with Gasteiger partial charge in [0.1, 0.15) is 0 Å². The topological polar surface area (TPSA) is 108 Å². The molecule has 1 unspecified atom stereocenters. The van der Waals surface area contributed by atoms with Gasteiger partial charge in [0.25, 0.3) is 0 Å². The fourth-order valence-corrected chi connectivity index (χ4v) is 2.38. The number of nitrogens with zero attached hydrogens (tertiary/aromatic N) is 5. The third kappa shape index (κ3) is 3.39. The van der Waals surface area contributed by atoms with Gasteiger partial charge in [0.05, 0.1) is 5.92 Å². The number of hydrogen-bond acceptors (Lipinski definition) is 6. The van der Waals surface area contributed by atoms with E-state index < -0.39 is 5.92 Å². The molecule has 1 aliphatic heterocycles. The summed E-state index contributed by atoms with van der Waals surface area (Å²) in [5.41, 5.74) is 5.58. The molecule has 1 amide bonds. The zero-order chi connectivity index (χ0) is 15.2. The summed E-state index contributed by atoms with van der Waals surface area (Å²) in [5.74, 6) is -0.0136. The van der Waals surface area contributed by atoms with Crippen molar-refractivity contribution in [1.29, 1.82) is 0 Å². The van der Waals surface area contributed by atoms with Crippen LogP contribution in [0.2, 0.25) is 0 Å². The van der Waals surface area contributed by atoms with Crippen molar-refractivity contribution >= 4 is 17.7 Å². The third-order valence-electron chi connectivity index (χ3n) is 3.61. The van der Waals surface area contributed by atoms with Crippen molar-refractivity contribution in [2.75, 3.05) is 31.1 Å². The van der Waals surface area contributed by atoms with E-state index in [2.05, 4.69) is 15.1 Å². The van der Waals surface area contributed by atoms with Crippen molar-refractivity contribution in [2.45, 2.75) is 13.3 Å². The minimum Gasteiger partial charge on any atom is -0.409 e. The number of piperazine rings is 1. The third-order valence-corrected chi connectivity index (χ3v) is 3.61. The van der Waals surface area contributed by atoms with Crippen LogP contribution in [0, 0.1) is 5.92 Å². The number of oxime groups is 1. The number of carbonyl (C=O) groups excluding carboxylic acids is 1. The molecule has 8 heteroatoms. The lowest BCUT2D eigenvalue weighted by Crippen LogP contribution is -2.52. The second kappa shape index (κ2) is 6.87. The van der Waals surface area contributed by atoms with Gasteiger partial charge in [-0.2, -0.15) is 0 Å². The largest absolute Gasteiger partial charge is 0.409 e. The molecule has 2 heterocycles. The molecule has 2 rings (SSSR count). The summed E-state index contributed by atoms with van der Waals surface area (Å²) < 4.78 is 0. The summed E-state index contributed by atoms with van der Waals surface area (Å²) in [6.07, 6.45) is 3.91. The van der Waals surface area contributed by atoms with Gasteiger partial charge in [-0.25, -0.2) is 9.97 Å². The van der Waals surface area contributed by atoms with Crippen LogP contribution < -0.4 is 10.6 Å². The van der Waals surface area contributed by atoms with Gasteiger partial charge >= 0.3 is 0 Å². The van der Waals surface area contributed by atoms with Crippen LogP contribution in [-0.2, 0) is 4.79 Å². The monoisotopic (exact) mass is 292 g/mol. The number of amides is 1. The van der Waals surface area contributed by atoms with Crippen molar-refractivity contribution in [3.05, 3.63) is 18.5 Å². The zero-order valence-electron chi connectivity index (χ0n) is 12.0. The summed E-state index contributed by atoms with van der Waals surface area (Å²) in [6, 6.07) is 1.77. The van der Waals surface area contributed by atoms with Crippen molar-refractivity contribution in [1.82, 2.24) is 14.9 Å². The van der Waals surface area contributed by atoms with Gasteiger partial charge in [-0.1, -0.05) is 12.1 Å². The van der Waals surface area contributed by atoms with Gasteiger partial charge in [0.2, 0.25) is 11.9 Å². The highest BCUT2D eigenvalue weighted by atomic mass is 16.4. The Balaban J connectivity index is 1.96. The van der Waals surface area contributed by atoms with Crippen molar-refractivity contribution in [3.63, 3.8) is 0 Å². The molecule has 0 saturated carbocycles. The first kappa shape index (κ1) is 15.0. The SMILES string of the molecule is CCC(C(=O)N1CCN(c2ncccn2)CC1)C(N)=NO. The van der Waals surface area contributed by atoms with Gasteiger partial charge < -0.3 is 20.7 Å². The second-order valence-electron chi connectivity index (χ2n) is 4.85. The number of nitrogens with two attached hydrogens (primary N) is 1. The Kier molecular flexibility index (Phi) is 4.91. The smallest absolute Gasteiger partial charge is 0.233 e. The van der Waals surface area contributed by atoms with Gasteiger partial charge in [-0.15, -0.1) is 0 Å². The van der Waals surface area contributed by atoms with Crippen LogP contribution >= 0.6 is 0 Å². The number of aromatic nitrogens is 2. The Morgan fingerprint density at radius 3 is 2.52 bits per heavy atom. The highest BCUT2D eigenvalue weighted by Gasteiger charge is 2.29. The Hall–Kier alpha value is -2.38. The van der Waals surface area contributed by atoms with Gasteiger partial charge in [0.15, 0.2) is 5.84 Å². The van der Waals surface area contributed by atoms with E-state index in [9.17, 15) is 4.79 Å². The molecule has 1 aromatic rings. The molecule has 1 aliphatic rings. The second-order valence-corrected chi connectivity index (χ2v) is 4.85. The molecule has 0 spiro atoms. The van der Waals surface area contributed by atoms with E-state index in [1.165, 1.54) is 0 Å². The Morgan fingerprint density at radius 1 is 1.38 bits per heavy atom. The van der Waals surface area contributed by atoms with Crippen molar-refractivity contribution in [3.8, 4) is 0 Å². The first-order valence-electron chi connectivity index (χ1n) is 6.95. The Labute approximate surface area is 123 Å². The number of amidine groups is 1. The van der Waals surface area contributed by atoms with Crippen LogP contribution in [0.3, 0.4) is 0 Å². The number of hydrogen-bond donors (Lipinski definition) is 2. The molecule has 3 N–H and O–H groups in total. The fraction of sp³-hybridized carbons (Fsp3) is 0.538. The molecule has 0 aliphatic carbocycles. The van der Waals surface area contributed by atoms with Gasteiger partial charge in [0, 0.05) is 38.6 Å². The van der Waals surface area contributed by atoms with Crippen molar-refractivity contribution in [2.24, 2.45) is 16.8 Å².